The Labute approximate surface area is 108 Å². The van der Waals surface area contributed by atoms with Crippen LogP contribution in [0.2, 0.25) is 0 Å². The fraction of sp³-hybridized carbons (Fsp3) is 0.438. The largest absolute Gasteiger partial charge is 0.238 e. The first-order valence-electron chi connectivity index (χ1n) is 6.74. The second kappa shape index (κ2) is 3.05. The lowest BCUT2D eigenvalue weighted by molar-refractivity contribution is 0.536. The zero-order chi connectivity index (χ0) is 12.5. The van der Waals surface area contributed by atoms with E-state index < -0.39 is 0 Å². The number of hydrogen-bond donors (Lipinski definition) is 0. The van der Waals surface area contributed by atoms with Crippen LogP contribution < -0.4 is 0 Å². The fourth-order valence-corrected chi connectivity index (χ4v) is 3.85. The van der Waals surface area contributed by atoms with Crippen LogP contribution >= 0.6 is 0 Å². The number of nitrogens with zero attached hydrogens (tertiary/aromatic N) is 2. The average Bonchev–Trinajstić information content (AvgIpc) is 2.72. The monoisotopic (exact) mass is 238 g/mol. The van der Waals surface area contributed by atoms with Crippen LogP contribution in [-0.4, -0.2) is 9.78 Å². The van der Waals surface area contributed by atoms with Gasteiger partial charge in [0.05, 0.1) is 11.4 Å². The molecule has 18 heavy (non-hydrogen) atoms. The molecule has 2 aliphatic carbocycles. The van der Waals surface area contributed by atoms with Crippen molar-refractivity contribution in [2.24, 2.45) is 11.3 Å². The maximum Gasteiger partial charge on any atom is 0.0670 e. The highest BCUT2D eigenvalue weighted by Gasteiger charge is 2.63. The minimum atomic E-state index is 0.502. The SMILES string of the molecule is Cc1c2c(nn1-c1ccccc1)C[C@@H]1[C@H]2C1(C)C. The van der Waals surface area contributed by atoms with E-state index in [1.165, 1.54) is 29.1 Å². The molecule has 4 rings (SSSR count). The van der Waals surface area contributed by atoms with Gasteiger partial charge in [-0.05, 0) is 42.7 Å². The van der Waals surface area contributed by atoms with Gasteiger partial charge in [-0.2, -0.15) is 5.10 Å². The van der Waals surface area contributed by atoms with Gasteiger partial charge >= 0.3 is 0 Å². The normalized spacial score (nSPS) is 26.8. The summed E-state index contributed by atoms with van der Waals surface area (Å²) < 4.78 is 2.12. The predicted molar refractivity (Wildman–Crippen MR) is 72.0 cm³/mol. The lowest BCUT2D eigenvalue weighted by atomic mass is 9.98. The third-order valence-electron chi connectivity index (χ3n) is 5.01. The van der Waals surface area contributed by atoms with E-state index in [2.05, 4.69) is 55.8 Å². The van der Waals surface area contributed by atoms with Crippen LogP contribution in [0.5, 0.6) is 0 Å². The van der Waals surface area contributed by atoms with Crippen LogP contribution in [-0.2, 0) is 6.42 Å². The Balaban J connectivity index is 1.84. The molecular formula is C16H18N2. The number of rotatable bonds is 1. The van der Waals surface area contributed by atoms with Crippen molar-refractivity contribution < 1.29 is 0 Å². The maximum absolute atomic E-state index is 4.82. The summed E-state index contributed by atoms with van der Waals surface area (Å²) >= 11 is 0. The molecule has 2 atom stereocenters. The Bertz CT molecular complexity index is 622. The van der Waals surface area contributed by atoms with Crippen LogP contribution in [0.4, 0.5) is 0 Å². The minimum Gasteiger partial charge on any atom is -0.238 e. The first-order valence-corrected chi connectivity index (χ1v) is 6.74. The third kappa shape index (κ3) is 1.11. The van der Waals surface area contributed by atoms with E-state index in [1.807, 2.05) is 0 Å². The Morgan fingerprint density at radius 3 is 2.67 bits per heavy atom. The van der Waals surface area contributed by atoms with Crippen molar-refractivity contribution in [2.45, 2.75) is 33.1 Å². The fourth-order valence-electron chi connectivity index (χ4n) is 3.85. The molecule has 0 saturated heterocycles. The highest BCUT2D eigenvalue weighted by atomic mass is 15.3. The molecule has 0 radical (unpaired) electrons. The summed E-state index contributed by atoms with van der Waals surface area (Å²) in [7, 11) is 0. The lowest BCUT2D eigenvalue weighted by Gasteiger charge is -2.07. The molecule has 1 heterocycles. The third-order valence-corrected chi connectivity index (χ3v) is 5.01. The summed E-state index contributed by atoms with van der Waals surface area (Å²) in [5.41, 5.74) is 5.90. The van der Waals surface area contributed by atoms with E-state index >= 15 is 0 Å². The molecule has 2 nitrogen and oxygen atoms in total. The van der Waals surface area contributed by atoms with Crippen molar-refractivity contribution in [1.29, 1.82) is 0 Å². The molecule has 92 valence electrons. The van der Waals surface area contributed by atoms with Crippen molar-refractivity contribution in [3.05, 3.63) is 47.3 Å². The summed E-state index contributed by atoms with van der Waals surface area (Å²) in [5.74, 6) is 1.60. The van der Waals surface area contributed by atoms with Gasteiger partial charge in [-0.1, -0.05) is 32.0 Å². The molecule has 0 amide bonds. The van der Waals surface area contributed by atoms with Gasteiger partial charge in [-0.15, -0.1) is 0 Å². The van der Waals surface area contributed by atoms with E-state index in [-0.39, 0.29) is 0 Å². The van der Waals surface area contributed by atoms with Gasteiger partial charge in [0.25, 0.3) is 0 Å². The van der Waals surface area contributed by atoms with Crippen molar-refractivity contribution >= 4 is 0 Å². The highest BCUT2D eigenvalue weighted by Crippen LogP contribution is 2.70. The summed E-state index contributed by atoms with van der Waals surface area (Å²) in [6, 6.07) is 10.5. The number of hydrogen-bond acceptors (Lipinski definition) is 1. The number of benzene rings is 1. The molecule has 2 aliphatic rings. The predicted octanol–water partition coefficient (Wildman–Crippen LogP) is 3.48. The van der Waals surface area contributed by atoms with Crippen molar-refractivity contribution in [2.75, 3.05) is 0 Å². The molecule has 1 aromatic carbocycles. The molecule has 1 aromatic heterocycles. The van der Waals surface area contributed by atoms with E-state index in [4.69, 9.17) is 5.10 Å². The number of aromatic nitrogens is 2. The van der Waals surface area contributed by atoms with E-state index in [0.29, 0.717) is 5.41 Å². The smallest absolute Gasteiger partial charge is 0.0670 e. The Kier molecular flexibility index (Phi) is 1.76. The maximum atomic E-state index is 4.82. The summed E-state index contributed by atoms with van der Waals surface area (Å²) in [6.45, 7) is 7.00. The Hall–Kier alpha value is -1.57. The lowest BCUT2D eigenvalue weighted by Crippen LogP contribution is -2.00. The van der Waals surface area contributed by atoms with Crippen molar-refractivity contribution in [3.63, 3.8) is 0 Å². The van der Waals surface area contributed by atoms with E-state index in [0.717, 1.165) is 11.8 Å². The topological polar surface area (TPSA) is 17.8 Å². The minimum absolute atomic E-state index is 0.502. The van der Waals surface area contributed by atoms with Gasteiger partial charge in [-0.25, -0.2) is 4.68 Å². The summed E-state index contributed by atoms with van der Waals surface area (Å²) in [5, 5.41) is 4.82. The summed E-state index contributed by atoms with van der Waals surface area (Å²) in [6.07, 6.45) is 1.17. The van der Waals surface area contributed by atoms with Gasteiger partial charge in [0.1, 0.15) is 0 Å². The quantitative estimate of drug-likeness (QED) is 0.743. The highest BCUT2D eigenvalue weighted by molar-refractivity contribution is 5.48. The van der Waals surface area contributed by atoms with Crippen LogP contribution in [0.25, 0.3) is 5.69 Å². The standard InChI is InChI=1S/C16H18N2/c1-10-14-13(9-12-15(14)16(12,2)3)17-18(10)11-7-5-4-6-8-11/h4-8,12,15H,9H2,1-3H3/t12-,15-/m1/s1. The summed E-state index contributed by atoms with van der Waals surface area (Å²) in [4.78, 5) is 0. The van der Waals surface area contributed by atoms with Crippen LogP contribution in [0.1, 0.15) is 36.7 Å². The molecule has 2 aromatic rings. The van der Waals surface area contributed by atoms with Gasteiger partial charge in [0.15, 0.2) is 0 Å². The second-order valence-electron chi connectivity index (χ2n) is 6.30. The number of fused-ring (bicyclic) bond motifs is 3. The zero-order valence-corrected chi connectivity index (χ0v) is 11.1. The molecule has 0 spiro atoms. The molecular weight excluding hydrogens is 220 g/mol. The van der Waals surface area contributed by atoms with E-state index in [1.54, 1.807) is 0 Å². The van der Waals surface area contributed by atoms with Gasteiger partial charge < -0.3 is 0 Å². The zero-order valence-electron chi connectivity index (χ0n) is 11.1. The van der Waals surface area contributed by atoms with E-state index in [9.17, 15) is 0 Å². The molecule has 1 fully saturated rings. The van der Waals surface area contributed by atoms with Crippen LogP contribution in [0.15, 0.2) is 30.3 Å². The molecule has 0 N–H and O–H groups in total. The van der Waals surface area contributed by atoms with Crippen molar-refractivity contribution in [1.82, 2.24) is 9.78 Å². The van der Waals surface area contributed by atoms with Crippen LogP contribution in [0.3, 0.4) is 0 Å². The van der Waals surface area contributed by atoms with Gasteiger partial charge in [0, 0.05) is 11.3 Å². The first-order chi connectivity index (χ1) is 8.60. The molecule has 2 heteroatoms. The van der Waals surface area contributed by atoms with Gasteiger partial charge in [-0.3, -0.25) is 0 Å². The second-order valence-corrected chi connectivity index (χ2v) is 6.30. The first kappa shape index (κ1) is 10.4. The van der Waals surface area contributed by atoms with Crippen molar-refractivity contribution in [3.8, 4) is 5.69 Å². The Morgan fingerprint density at radius 2 is 1.94 bits per heavy atom. The molecule has 1 saturated carbocycles. The molecule has 0 bridgehead atoms. The number of para-hydroxylation sites is 1. The molecule has 0 aliphatic heterocycles. The average molecular weight is 238 g/mol. The van der Waals surface area contributed by atoms with Gasteiger partial charge in [0.2, 0.25) is 0 Å². The molecule has 0 unspecified atom stereocenters. The van der Waals surface area contributed by atoms with Crippen LogP contribution in [0, 0.1) is 18.3 Å². The Morgan fingerprint density at radius 1 is 1.22 bits per heavy atom.